The van der Waals surface area contributed by atoms with Crippen LogP contribution in [0.2, 0.25) is 0 Å². The van der Waals surface area contributed by atoms with Crippen LogP contribution in [0, 0.1) is 5.82 Å². The topological polar surface area (TPSA) is 35.9 Å². The van der Waals surface area contributed by atoms with Gasteiger partial charge in [0.25, 0.3) is 5.91 Å². The summed E-state index contributed by atoms with van der Waals surface area (Å²) in [5.74, 6) is -0.723. The van der Waals surface area contributed by atoms with Crippen molar-refractivity contribution in [2.45, 2.75) is 25.4 Å². The van der Waals surface area contributed by atoms with Gasteiger partial charge in [-0.3, -0.25) is 14.7 Å². The van der Waals surface area contributed by atoms with Crippen LogP contribution in [-0.4, -0.2) is 51.7 Å². The minimum Gasteiger partial charge on any atom is -0.303 e. The van der Waals surface area contributed by atoms with E-state index in [9.17, 15) is 9.18 Å². The highest BCUT2D eigenvalue weighted by molar-refractivity contribution is 7.82. The summed E-state index contributed by atoms with van der Waals surface area (Å²) in [6.45, 7) is 4.79. The number of thiocarbonyl (C=S) groups is 1. The van der Waals surface area contributed by atoms with Gasteiger partial charge in [0.2, 0.25) is 0 Å². The Kier molecular flexibility index (Phi) is 5.08. The summed E-state index contributed by atoms with van der Waals surface area (Å²) in [4.78, 5) is 22.8. The third-order valence-corrected chi connectivity index (χ3v) is 5.94. The van der Waals surface area contributed by atoms with Crippen molar-refractivity contribution < 1.29 is 9.18 Å². The third kappa shape index (κ3) is 3.27. The fourth-order valence-electron chi connectivity index (χ4n) is 3.98. The van der Waals surface area contributed by atoms with Crippen LogP contribution in [0.25, 0.3) is 0 Å². The molecule has 1 amide bonds. The molecule has 1 fully saturated rings. The molecule has 0 saturated carbocycles. The molecule has 0 radical (unpaired) electrons. The normalized spacial score (nSPS) is 19.1. The number of likely N-dealkylation sites (tertiary alicyclic amines) is 1. The fraction of sp³-hybridized carbons (Fsp3) is 0.318. The molecular weight excluding hydrogens is 373 g/mol. The van der Waals surface area contributed by atoms with Gasteiger partial charge >= 0.3 is 0 Å². The zero-order chi connectivity index (χ0) is 19.7. The fourth-order valence-corrected chi connectivity index (χ4v) is 4.40. The highest BCUT2D eigenvalue weighted by Crippen LogP contribution is 2.38. The molecule has 0 unspecified atom stereocenters. The van der Waals surface area contributed by atoms with Crippen LogP contribution < -0.4 is 0 Å². The van der Waals surface area contributed by atoms with E-state index in [2.05, 4.69) is 11.8 Å². The number of rotatable bonds is 3. The Morgan fingerprint density at radius 2 is 1.86 bits per heavy atom. The molecule has 1 spiro atoms. The molecule has 0 N–H and O–H groups in total. The first-order chi connectivity index (χ1) is 13.5. The third-order valence-electron chi connectivity index (χ3n) is 5.57. The summed E-state index contributed by atoms with van der Waals surface area (Å²) < 4.78 is 13.7. The summed E-state index contributed by atoms with van der Waals surface area (Å²) in [6, 6.07) is 15.5. The van der Waals surface area contributed by atoms with Gasteiger partial charge in [-0.1, -0.05) is 55.5 Å². The minimum atomic E-state index is -0.697. The Morgan fingerprint density at radius 3 is 2.50 bits per heavy atom. The zero-order valence-electron chi connectivity index (χ0n) is 15.8. The molecular formula is C22H22FN3OS. The van der Waals surface area contributed by atoms with Gasteiger partial charge in [0.15, 0.2) is 0 Å². The summed E-state index contributed by atoms with van der Waals surface area (Å²) in [5, 5.41) is 0. The van der Waals surface area contributed by atoms with Crippen molar-refractivity contribution in [3.63, 3.8) is 0 Å². The lowest BCUT2D eigenvalue weighted by Gasteiger charge is -2.42. The zero-order valence-corrected chi connectivity index (χ0v) is 16.6. The van der Waals surface area contributed by atoms with Gasteiger partial charge in [0.05, 0.1) is 0 Å². The summed E-state index contributed by atoms with van der Waals surface area (Å²) in [5.41, 5.74) is 1.17. The van der Waals surface area contributed by atoms with Gasteiger partial charge in [-0.2, -0.15) is 0 Å². The number of benzene rings is 2. The van der Waals surface area contributed by atoms with Gasteiger partial charge in [-0.25, -0.2) is 4.39 Å². The van der Waals surface area contributed by atoms with Gasteiger partial charge in [-0.15, -0.1) is 0 Å². The van der Waals surface area contributed by atoms with E-state index in [0.717, 1.165) is 25.2 Å². The van der Waals surface area contributed by atoms with Gasteiger partial charge in [-0.05, 0) is 24.7 Å². The van der Waals surface area contributed by atoms with Crippen molar-refractivity contribution in [1.29, 1.82) is 0 Å². The Labute approximate surface area is 169 Å². The van der Waals surface area contributed by atoms with Crippen molar-refractivity contribution in [2.75, 3.05) is 19.6 Å². The minimum absolute atomic E-state index is 0.288. The second-order valence-electron chi connectivity index (χ2n) is 7.20. The van der Waals surface area contributed by atoms with Gasteiger partial charge in [0.1, 0.15) is 22.2 Å². The van der Waals surface area contributed by atoms with Crippen LogP contribution >= 0.6 is 12.2 Å². The molecule has 2 heterocycles. The maximum absolute atomic E-state index is 13.7. The van der Waals surface area contributed by atoms with E-state index >= 15 is 0 Å². The number of carbonyl (C=O) groups excluding carboxylic acids is 1. The first-order valence-electron chi connectivity index (χ1n) is 9.56. The second-order valence-corrected chi connectivity index (χ2v) is 7.59. The van der Waals surface area contributed by atoms with Crippen LogP contribution in [-0.2, 0) is 0 Å². The molecule has 28 heavy (non-hydrogen) atoms. The maximum atomic E-state index is 13.7. The second kappa shape index (κ2) is 7.53. The standard InChI is InChI=1S/C22H22FN3OS/c1-2-25-13-11-22(12-14-25)24-19(16-7-4-3-5-8-16)21(28)26(22)20(27)17-9-6-10-18(23)15-17/h3-10,15H,2,11-14H2,1H3. The van der Waals surface area contributed by atoms with Crippen LogP contribution in [0.5, 0.6) is 0 Å². The van der Waals surface area contributed by atoms with E-state index in [-0.39, 0.29) is 5.91 Å². The van der Waals surface area contributed by atoms with Gasteiger partial charge < -0.3 is 4.90 Å². The van der Waals surface area contributed by atoms with Crippen molar-refractivity contribution >= 4 is 28.8 Å². The molecule has 6 heteroatoms. The Morgan fingerprint density at radius 1 is 1.14 bits per heavy atom. The lowest BCUT2D eigenvalue weighted by molar-refractivity contribution is 0.0544. The van der Waals surface area contributed by atoms with Crippen LogP contribution in [0.1, 0.15) is 35.7 Å². The quantitative estimate of drug-likeness (QED) is 0.740. The Balaban J connectivity index is 1.75. The molecule has 144 valence electrons. The molecule has 0 atom stereocenters. The summed E-state index contributed by atoms with van der Waals surface area (Å²) >= 11 is 5.73. The van der Waals surface area contributed by atoms with Gasteiger partial charge in [0, 0.05) is 37.1 Å². The average Bonchev–Trinajstić information content (AvgIpc) is 3.00. The first-order valence-corrected chi connectivity index (χ1v) is 9.97. The van der Waals surface area contributed by atoms with E-state index in [4.69, 9.17) is 17.2 Å². The first kappa shape index (κ1) is 18.9. The van der Waals surface area contributed by atoms with Crippen molar-refractivity contribution in [1.82, 2.24) is 9.80 Å². The molecule has 2 aromatic rings. The molecule has 4 nitrogen and oxygen atoms in total. The number of carbonyl (C=O) groups is 1. The van der Waals surface area contributed by atoms with E-state index < -0.39 is 11.5 Å². The number of amides is 1. The predicted octanol–water partition coefficient (Wildman–Crippen LogP) is 3.91. The number of hydrogen-bond acceptors (Lipinski definition) is 4. The lowest BCUT2D eigenvalue weighted by Crippen LogP contribution is -2.55. The number of piperidine rings is 1. The largest absolute Gasteiger partial charge is 0.303 e. The number of nitrogens with zero attached hydrogens (tertiary/aromatic N) is 3. The molecule has 4 rings (SSSR count). The van der Waals surface area contributed by atoms with E-state index in [1.807, 2.05) is 30.3 Å². The van der Waals surface area contributed by atoms with Crippen molar-refractivity contribution in [3.05, 3.63) is 71.5 Å². The predicted molar refractivity (Wildman–Crippen MR) is 112 cm³/mol. The Bertz CT molecular complexity index is 936. The Hall–Kier alpha value is -2.44. The monoisotopic (exact) mass is 395 g/mol. The average molecular weight is 396 g/mol. The van der Waals surface area contributed by atoms with E-state index in [1.54, 1.807) is 17.0 Å². The van der Waals surface area contributed by atoms with Crippen LogP contribution in [0.4, 0.5) is 4.39 Å². The smallest absolute Gasteiger partial charge is 0.261 e. The highest BCUT2D eigenvalue weighted by atomic mass is 32.1. The highest BCUT2D eigenvalue weighted by Gasteiger charge is 2.49. The number of halogens is 1. The molecule has 2 aromatic carbocycles. The van der Waals surface area contributed by atoms with Crippen molar-refractivity contribution in [2.24, 2.45) is 4.99 Å². The molecule has 2 aliphatic rings. The summed E-state index contributed by atoms with van der Waals surface area (Å²) in [7, 11) is 0. The van der Waals surface area contributed by atoms with Crippen molar-refractivity contribution in [3.8, 4) is 0 Å². The molecule has 0 aliphatic carbocycles. The van der Waals surface area contributed by atoms with E-state index in [1.165, 1.54) is 12.1 Å². The van der Waals surface area contributed by atoms with E-state index in [0.29, 0.717) is 29.1 Å². The van der Waals surface area contributed by atoms with Crippen LogP contribution in [0.3, 0.4) is 0 Å². The lowest BCUT2D eigenvalue weighted by atomic mass is 9.95. The molecule has 0 aromatic heterocycles. The SMILES string of the molecule is CCN1CCC2(CC1)N=C(c1ccccc1)C(=S)N2C(=O)c1cccc(F)c1. The maximum Gasteiger partial charge on any atom is 0.261 e. The molecule has 0 bridgehead atoms. The number of aliphatic imine (C=N–C) groups is 1. The summed E-state index contributed by atoms with van der Waals surface area (Å²) in [6.07, 6.45) is 1.41. The number of hydrogen-bond donors (Lipinski definition) is 0. The van der Waals surface area contributed by atoms with Crippen LogP contribution in [0.15, 0.2) is 59.6 Å². The molecule has 2 aliphatic heterocycles. The molecule has 1 saturated heterocycles.